The first-order valence-corrected chi connectivity index (χ1v) is 7.35. The lowest BCUT2D eigenvalue weighted by Crippen LogP contribution is -2.48. The molecule has 1 aromatic carbocycles. The fourth-order valence-corrected chi connectivity index (χ4v) is 2.92. The van der Waals surface area contributed by atoms with Crippen molar-refractivity contribution in [2.45, 2.75) is 45.3 Å². The van der Waals surface area contributed by atoms with E-state index in [9.17, 15) is 0 Å². The Morgan fingerprint density at radius 1 is 1.26 bits per heavy atom. The van der Waals surface area contributed by atoms with E-state index in [1.807, 2.05) is 19.1 Å². The van der Waals surface area contributed by atoms with Gasteiger partial charge in [-0.1, -0.05) is 49.2 Å². The molecule has 0 saturated heterocycles. The highest BCUT2D eigenvalue weighted by Gasteiger charge is 2.38. The number of benzene rings is 1. The molecule has 0 aliphatic heterocycles. The molecule has 3 N–H and O–H groups in total. The van der Waals surface area contributed by atoms with E-state index in [1.165, 1.54) is 0 Å². The Labute approximate surface area is 125 Å². The van der Waals surface area contributed by atoms with Gasteiger partial charge in [-0.2, -0.15) is 0 Å². The zero-order chi connectivity index (χ0) is 14.5. The quantitative estimate of drug-likeness (QED) is 0.589. The molecule has 0 aliphatic rings. The molecular formula is C14H22Cl2N2O. The molecule has 0 saturated carbocycles. The Morgan fingerprint density at radius 3 is 2.37 bits per heavy atom. The summed E-state index contributed by atoms with van der Waals surface area (Å²) in [5.74, 6) is 5.76. The molecule has 0 radical (unpaired) electrons. The highest BCUT2D eigenvalue weighted by molar-refractivity contribution is 6.42. The van der Waals surface area contributed by atoms with Crippen molar-refractivity contribution in [3.05, 3.63) is 33.8 Å². The first-order chi connectivity index (χ1) is 9.06. The lowest BCUT2D eigenvalue weighted by Gasteiger charge is -2.39. The van der Waals surface area contributed by atoms with Gasteiger partial charge in [0, 0.05) is 6.61 Å². The van der Waals surface area contributed by atoms with Gasteiger partial charge >= 0.3 is 0 Å². The average Bonchev–Trinajstić information content (AvgIpc) is 2.43. The molecule has 1 unspecified atom stereocenters. The van der Waals surface area contributed by atoms with E-state index < -0.39 is 5.60 Å². The number of hydrogen-bond donors (Lipinski definition) is 2. The SMILES string of the molecule is CCOC(CC)(CC)C(NN)c1cccc(Cl)c1Cl. The molecule has 0 spiro atoms. The van der Waals surface area contributed by atoms with E-state index in [1.54, 1.807) is 6.07 Å². The van der Waals surface area contributed by atoms with Crippen molar-refractivity contribution in [1.29, 1.82) is 0 Å². The highest BCUT2D eigenvalue weighted by Crippen LogP contribution is 2.39. The van der Waals surface area contributed by atoms with Crippen LogP contribution in [0.15, 0.2) is 18.2 Å². The number of hydrazine groups is 1. The van der Waals surface area contributed by atoms with E-state index in [2.05, 4.69) is 19.3 Å². The van der Waals surface area contributed by atoms with E-state index in [-0.39, 0.29) is 6.04 Å². The molecule has 0 aliphatic carbocycles. The van der Waals surface area contributed by atoms with Crippen LogP contribution in [-0.4, -0.2) is 12.2 Å². The molecule has 5 heteroatoms. The maximum atomic E-state index is 6.30. The summed E-state index contributed by atoms with van der Waals surface area (Å²) in [5, 5.41) is 1.05. The van der Waals surface area contributed by atoms with Crippen molar-refractivity contribution in [1.82, 2.24) is 5.43 Å². The zero-order valence-corrected chi connectivity index (χ0v) is 13.2. The Hall–Kier alpha value is -0.320. The minimum Gasteiger partial charge on any atom is -0.373 e. The second-order valence-corrected chi connectivity index (χ2v) is 5.23. The van der Waals surface area contributed by atoms with Crippen LogP contribution in [-0.2, 0) is 4.74 Å². The largest absolute Gasteiger partial charge is 0.373 e. The predicted molar refractivity (Wildman–Crippen MR) is 81.5 cm³/mol. The maximum Gasteiger partial charge on any atom is 0.0884 e. The minimum absolute atomic E-state index is 0.200. The third kappa shape index (κ3) is 3.41. The number of ether oxygens (including phenoxy) is 1. The number of rotatable bonds is 7. The summed E-state index contributed by atoms with van der Waals surface area (Å²) < 4.78 is 5.99. The fourth-order valence-electron chi connectivity index (χ4n) is 2.50. The van der Waals surface area contributed by atoms with Crippen LogP contribution in [0.1, 0.15) is 45.2 Å². The first kappa shape index (κ1) is 16.7. The summed E-state index contributed by atoms with van der Waals surface area (Å²) in [6, 6.07) is 5.36. The van der Waals surface area contributed by atoms with Crippen LogP contribution in [0.5, 0.6) is 0 Å². The summed E-state index contributed by atoms with van der Waals surface area (Å²) in [7, 11) is 0. The van der Waals surface area contributed by atoms with Gasteiger partial charge in [0.2, 0.25) is 0 Å². The van der Waals surface area contributed by atoms with Crippen LogP contribution in [0, 0.1) is 0 Å². The number of hydrogen-bond acceptors (Lipinski definition) is 3. The van der Waals surface area contributed by atoms with Crippen molar-refractivity contribution in [3.8, 4) is 0 Å². The summed E-state index contributed by atoms with van der Waals surface area (Å²) in [4.78, 5) is 0. The van der Waals surface area contributed by atoms with Gasteiger partial charge in [-0.25, -0.2) is 0 Å². The van der Waals surface area contributed by atoms with Crippen LogP contribution < -0.4 is 11.3 Å². The van der Waals surface area contributed by atoms with Gasteiger partial charge in [-0.3, -0.25) is 11.3 Å². The summed E-state index contributed by atoms with van der Waals surface area (Å²) in [6.45, 7) is 6.77. The second kappa shape index (κ2) is 7.46. The van der Waals surface area contributed by atoms with E-state index in [0.717, 1.165) is 18.4 Å². The van der Waals surface area contributed by atoms with Gasteiger partial charge in [-0.05, 0) is 31.4 Å². The van der Waals surface area contributed by atoms with Crippen molar-refractivity contribution >= 4 is 23.2 Å². The Kier molecular flexibility index (Phi) is 6.57. The predicted octanol–water partition coefficient (Wildman–Crippen LogP) is 4.09. The van der Waals surface area contributed by atoms with Gasteiger partial charge in [0.05, 0.1) is 21.7 Å². The van der Waals surface area contributed by atoms with Gasteiger partial charge < -0.3 is 4.74 Å². The molecule has 0 amide bonds. The Balaban J connectivity index is 3.27. The summed E-state index contributed by atoms with van der Waals surface area (Å²) in [6.07, 6.45) is 1.66. The maximum absolute atomic E-state index is 6.30. The molecule has 0 aromatic heterocycles. The molecule has 0 heterocycles. The van der Waals surface area contributed by atoms with E-state index in [0.29, 0.717) is 16.7 Å². The zero-order valence-electron chi connectivity index (χ0n) is 11.7. The third-order valence-electron chi connectivity index (χ3n) is 3.61. The Morgan fingerprint density at radius 2 is 1.89 bits per heavy atom. The topological polar surface area (TPSA) is 47.3 Å². The fraction of sp³-hybridized carbons (Fsp3) is 0.571. The standard InChI is InChI=1S/C14H22Cl2N2O/c1-4-14(5-2,19-6-3)13(18-17)10-8-7-9-11(15)12(10)16/h7-9,13,18H,4-6,17H2,1-3H3. The second-order valence-electron chi connectivity index (χ2n) is 4.45. The molecule has 1 rings (SSSR count). The first-order valence-electron chi connectivity index (χ1n) is 6.60. The summed E-state index contributed by atoms with van der Waals surface area (Å²) in [5.41, 5.74) is 3.32. The van der Waals surface area contributed by atoms with Crippen LogP contribution in [0.2, 0.25) is 10.0 Å². The molecule has 108 valence electrons. The smallest absolute Gasteiger partial charge is 0.0884 e. The normalized spacial score (nSPS) is 13.6. The lowest BCUT2D eigenvalue weighted by molar-refractivity contribution is -0.0733. The van der Waals surface area contributed by atoms with Gasteiger partial charge in [0.15, 0.2) is 0 Å². The summed E-state index contributed by atoms with van der Waals surface area (Å²) >= 11 is 12.4. The molecule has 1 atom stereocenters. The molecule has 19 heavy (non-hydrogen) atoms. The van der Waals surface area contributed by atoms with E-state index >= 15 is 0 Å². The van der Waals surface area contributed by atoms with Crippen LogP contribution in [0.25, 0.3) is 0 Å². The number of nitrogens with one attached hydrogen (secondary N) is 1. The molecule has 0 fully saturated rings. The monoisotopic (exact) mass is 304 g/mol. The number of nitrogens with two attached hydrogens (primary N) is 1. The van der Waals surface area contributed by atoms with Crippen molar-refractivity contribution < 1.29 is 4.74 Å². The van der Waals surface area contributed by atoms with Crippen molar-refractivity contribution in [3.63, 3.8) is 0 Å². The molecule has 1 aromatic rings. The van der Waals surface area contributed by atoms with Crippen LogP contribution >= 0.6 is 23.2 Å². The minimum atomic E-state index is -0.391. The van der Waals surface area contributed by atoms with Gasteiger partial charge in [-0.15, -0.1) is 0 Å². The molecular weight excluding hydrogens is 283 g/mol. The Bertz CT molecular complexity index is 408. The molecule has 3 nitrogen and oxygen atoms in total. The van der Waals surface area contributed by atoms with Gasteiger partial charge in [0.25, 0.3) is 0 Å². The van der Waals surface area contributed by atoms with Crippen LogP contribution in [0.4, 0.5) is 0 Å². The van der Waals surface area contributed by atoms with E-state index in [4.69, 9.17) is 33.8 Å². The van der Waals surface area contributed by atoms with Gasteiger partial charge in [0.1, 0.15) is 0 Å². The van der Waals surface area contributed by atoms with Crippen molar-refractivity contribution in [2.24, 2.45) is 5.84 Å². The number of halogens is 2. The molecule has 0 bridgehead atoms. The van der Waals surface area contributed by atoms with Crippen LogP contribution in [0.3, 0.4) is 0 Å². The lowest BCUT2D eigenvalue weighted by atomic mass is 9.84. The highest BCUT2D eigenvalue weighted by atomic mass is 35.5. The third-order valence-corrected chi connectivity index (χ3v) is 4.45. The average molecular weight is 305 g/mol. The van der Waals surface area contributed by atoms with Crippen molar-refractivity contribution in [2.75, 3.05) is 6.61 Å².